The van der Waals surface area contributed by atoms with E-state index in [0.29, 0.717) is 36.5 Å². The molecule has 0 bridgehead atoms. The molecule has 0 spiro atoms. The normalized spacial score (nSPS) is 13.7. The minimum absolute atomic E-state index is 0.143. The number of carboxylic acids is 2. The lowest BCUT2D eigenvalue weighted by molar-refractivity contribution is -0.136. The van der Waals surface area contributed by atoms with E-state index in [4.69, 9.17) is 0 Å². The first kappa shape index (κ1) is 46.7. The number of carboxylic acid groups (broad SMARTS) is 2. The maximum absolute atomic E-state index is 12.2. The van der Waals surface area contributed by atoms with Crippen LogP contribution < -0.4 is 0 Å². The summed E-state index contributed by atoms with van der Waals surface area (Å²) in [7, 11) is 0. The molecule has 0 heterocycles. The molecule has 0 radical (unpaired) electrons. The van der Waals surface area contributed by atoms with Gasteiger partial charge in [-0.05, 0) is 49.4 Å². The fraction of sp³-hybridized carbons (Fsp3) is 0.909. The van der Waals surface area contributed by atoms with Crippen LogP contribution in [-0.4, -0.2) is 22.2 Å². The number of rotatable bonds is 36. The number of unbranched alkanes of at least 4 members (excludes halogenated alkanes) is 20. The van der Waals surface area contributed by atoms with Crippen LogP contribution in [0.5, 0.6) is 0 Å². The highest BCUT2D eigenvalue weighted by Gasteiger charge is 2.21. The lowest BCUT2D eigenvalue weighted by Crippen LogP contribution is -2.13. The highest BCUT2D eigenvalue weighted by atomic mass is 16.4. The van der Waals surface area contributed by atoms with Gasteiger partial charge in [-0.3, -0.25) is 0 Å². The quantitative estimate of drug-likeness (QED) is 0.0511. The van der Waals surface area contributed by atoms with Crippen molar-refractivity contribution in [3.05, 3.63) is 11.1 Å². The molecule has 0 aromatic rings. The van der Waals surface area contributed by atoms with Gasteiger partial charge < -0.3 is 10.2 Å². The van der Waals surface area contributed by atoms with Gasteiger partial charge in [-0.25, -0.2) is 9.59 Å². The van der Waals surface area contributed by atoms with Crippen LogP contribution in [0.25, 0.3) is 0 Å². The Balaban J connectivity index is 4.52. The Bertz CT molecular complexity index is 719. The van der Waals surface area contributed by atoms with E-state index in [0.717, 1.165) is 38.5 Å². The van der Waals surface area contributed by atoms with Crippen molar-refractivity contribution in [3.63, 3.8) is 0 Å². The predicted molar refractivity (Wildman–Crippen MR) is 209 cm³/mol. The smallest absolute Gasteiger partial charge is 0.332 e. The summed E-state index contributed by atoms with van der Waals surface area (Å²) in [5.74, 6) is 0.520. The molecule has 0 rings (SSSR count). The summed E-state index contributed by atoms with van der Waals surface area (Å²) in [5, 5.41) is 19.9. The van der Waals surface area contributed by atoms with Crippen molar-refractivity contribution < 1.29 is 19.8 Å². The number of aliphatic carboxylic acids is 2. The van der Waals surface area contributed by atoms with E-state index in [1.165, 1.54) is 141 Å². The van der Waals surface area contributed by atoms with Crippen molar-refractivity contribution in [1.29, 1.82) is 0 Å². The molecule has 4 nitrogen and oxygen atoms in total. The fourth-order valence-corrected chi connectivity index (χ4v) is 7.60. The number of hydrogen-bond donors (Lipinski definition) is 2. The van der Waals surface area contributed by atoms with E-state index < -0.39 is 11.9 Å². The van der Waals surface area contributed by atoms with E-state index in [9.17, 15) is 19.8 Å². The molecular weight excluding hydrogens is 592 g/mol. The second-order valence-corrected chi connectivity index (χ2v) is 16.0. The van der Waals surface area contributed by atoms with Gasteiger partial charge >= 0.3 is 11.9 Å². The molecule has 48 heavy (non-hydrogen) atoms. The van der Waals surface area contributed by atoms with Crippen LogP contribution in [0.3, 0.4) is 0 Å². The molecule has 0 aliphatic rings. The Morgan fingerprint density at radius 3 is 0.833 bits per heavy atom. The lowest BCUT2D eigenvalue weighted by Gasteiger charge is -2.21. The lowest BCUT2D eigenvalue weighted by atomic mass is 9.85. The van der Waals surface area contributed by atoms with Crippen molar-refractivity contribution in [1.82, 2.24) is 0 Å². The molecule has 4 heteroatoms. The van der Waals surface area contributed by atoms with Gasteiger partial charge in [0.2, 0.25) is 0 Å². The largest absolute Gasteiger partial charge is 0.478 e. The molecule has 0 aliphatic heterocycles. The Kier molecular flexibility index (Phi) is 32.0. The van der Waals surface area contributed by atoms with Crippen molar-refractivity contribution in [2.45, 2.75) is 234 Å². The van der Waals surface area contributed by atoms with Gasteiger partial charge in [0.15, 0.2) is 0 Å². The molecular formula is C44H84O4. The molecule has 0 fully saturated rings. The van der Waals surface area contributed by atoms with E-state index >= 15 is 0 Å². The molecule has 0 saturated carbocycles. The van der Waals surface area contributed by atoms with Crippen molar-refractivity contribution in [2.24, 2.45) is 23.7 Å². The summed E-state index contributed by atoms with van der Waals surface area (Å²) in [5.41, 5.74) is 0.285. The van der Waals surface area contributed by atoms with Crippen LogP contribution in [0.1, 0.15) is 234 Å². The predicted octanol–water partition coefficient (Wildman–Crippen LogP) is 14.7. The summed E-state index contributed by atoms with van der Waals surface area (Å²) in [4.78, 5) is 24.4. The van der Waals surface area contributed by atoms with Gasteiger partial charge in [-0.2, -0.15) is 0 Å². The van der Waals surface area contributed by atoms with Crippen molar-refractivity contribution >= 4 is 11.9 Å². The van der Waals surface area contributed by atoms with Crippen LogP contribution in [0.2, 0.25) is 0 Å². The van der Waals surface area contributed by atoms with Gasteiger partial charge in [-0.15, -0.1) is 0 Å². The zero-order chi connectivity index (χ0) is 35.8. The van der Waals surface area contributed by atoms with Crippen LogP contribution >= 0.6 is 0 Å². The average molecular weight is 677 g/mol. The monoisotopic (exact) mass is 677 g/mol. The maximum atomic E-state index is 12.2. The van der Waals surface area contributed by atoms with Crippen LogP contribution in [0.15, 0.2) is 11.1 Å². The van der Waals surface area contributed by atoms with Gasteiger partial charge in [0, 0.05) is 11.1 Å². The molecule has 2 atom stereocenters. The average Bonchev–Trinajstić information content (AvgIpc) is 3.04. The third kappa shape index (κ3) is 26.5. The second kappa shape index (κ2) is 32.9. The van der Waals surface area contributed by atoms with Gasteiger partial charge in [-0.1, -0.05) is 208 Å². The van der Waals surface area contributed by atoms with E-state index in [2.05, 4.69) is 41.5 Å². The summed E-state index contributed by atoms with van der Waals surface area (Å²) in [6, 6.07) is 0. The third-order valence-electron chi connectivity index (χ3n) is 11.1. The molecule has 0 saturated heterocycles. The standard InChI is InChI=1S/C44H84O4/c1-7-9-11-13-15-17-19-21-23-25-31-39(37(3)4)33-27-29-35-41(43(45)46)42(44(47)48)36-30-28-34-40(38(5)6)32-26-24-22-20-18-16-14-12-10-8-2/h37-40H,7-36H2,1-6H3,(H,45,46)(H,47,48). The summed E-state index contributed by atoms with van der Waals surface area (Å²) in [6.07, 6.45) is 36.1. The molecule has 284 valence electrons. The van der Waals surface area contributed by atoms with Crippen molar-refractivity contribution in [3.8, 4) is 0 Å². The third-order valence-corrected chi connectivity index (χ3v) is 11.1. The zero-order valence-corrected chi connectivity index (χ0v) is 33.2. The molecule has 0 aliphatic carbocycles. The Morgan fingerprint density at radius 2 is 0.604 bits per heavy atom. The molecule has 0 amide bonds. The first-order valence-corrected chi connectivity index (χ1v) is 21.3. The van der Waals surface area contributed by atoms with E-state index in [-0.39, 0.29) is 11.1 Å². The SMILES string of the molecule is CCCCCCCCCCCCC(CCCCC(C(=O)O)=C(CCCCC(CCCCCCCCCCCC)C(C)C)C(=O)O)C(C)C. The van der Waals surface area contributed by atoms with Crippen LogP contribution in [0, 0.1) is 23.7 Å². The van der Waals surface area contributed by atoms with Crippen LogP contribution in [0.4, 0.5) is 0 Å². The van der Waals surface area contributed by atoms with Gasteiger partial charge in [0.05, 0.1) is 0 Å². The molecule has 2 N–H and O–H groups in total. The summed E-state index contributed by atoms with van der Waals surface area (Å²) >= 11 is 0. The molecule has 0 aromatic heterocycles. The van der Waals surface area contributed by atoms with Gasteiger partial charge in [0.25, 0.3) is 0 Å². The Hall–Kier alpha value is -1.32. The van der Waals surface area contributed by atoms with E-state index in [1.807, 2.05) is 0 Å². The van der Waals surface area contributed by atoms with E-state index in [1.54, 1.807) is 0 Å². The molecule has 2 unspecified atom stereocenters. The first-order valence-electron chi connectivity index (χ1n) is 21.3. The topological polar surface area (TPSA) is 74.6 Å². The summed E-state index contributed by atoms with van der Waals surface area (Å²) in [6.45, 7) is 13.8. The first-order chi connectivity index (χ1) is 23.1. The van der Waals surface area contributed by atoms with Gasteiger partial charge in [0.1, 0.15) is 0 Å². The maximum Gasteiger partial charge on any atom is 0.332 e. The minimum atomic E-state index is -1.04. The zero-order valence-electron chi connectivity index (χ0n) is 33.2. The fourth-order valence-electron chi connectivity index (χ4n) is 7.60. The van der Waals surface area contributed by atoms with Crippen LogP contribution in [-0.2, 0) is 9.59 Å². The summed E-state index contributed by atoms with van der Waals surface area (Å²) < 4.78 is 0. The number of hydrogen-bond acceptors (Lipinski definition) is 2. The highest BCUT2D eigenvalue weighted by Crippen LogP contribution is 2.29. The highest BCUT2D eigenvalue weighted by molar-refractivity contribution is 5.98. The number of carbonyl (C=O) groups is 2. The second-order valence-electron chi connectivity index (χ2n) is 16.0. The Labute approximate surface area is 300 Å². The molecule has 0 aromatic carbocycles. The minimum Gasteiger partial charge on any atom is -0.478 e. The Morgan fingerprint density at radius 1 is 0.375 bits per heavy atom. The van der Waals surface area contributed by atoms with Crippen molar-refractivity contribution in [2.75, 3.05) is 0 Å².